The van der Waals surface area contributed by atoms with Gasteiger partial charge in [-0.05, 0) is 31.9 Å². The van der Waals surface area contributed by atoms with Gasteiger partial charge in [0.1, 0.15) is 0 Å². The van der Waals surface area contributed by atoms with E-state index in [0.717, 1.165) is 36.1 Å². The normalized spacial score (nSPS) is 10.6. The molecule has 6 heteroatoms. The molecule has 0 heterocycles. The third-order valence-electron chi connectivity index (χ3n) is 5.58. The Morgan fingerprint density at radius 3 is 1.72 bits per heavy atom. The molecular formula is C26H43N3O3. The van der Waals surface area contributed by atoms with E-state index in [1.165, 1.54) is 51.4 Å². The molecule has 0 aromatic heterocycles. The molecule has 0 spiro atoms. The lowest BCUT2D eigenvalue weighted by molar-refractivity contribution is -0.129. The second-order valence-corrected chi connectivity index (χ2v) is 8.75. The lowest BCUT2D eigenvalue weighted by Crippen LogP contribution is -2.41. The van der Waals surface area contributed by atoms with Crippen molar-refractivity contribution in [2.75, 3.05) is 5.32 Å². The molecule has 0 unspecified atom stereocenters. The predicted molar refractivity (Wildman–Crippen MR) is 131 cm³/mol. The summed E-state index contributed by atoms with van der Waals surface area (Å²) in [5.41, 5.74) is 7.69. The summed E-state index contributed by atoms with van der Waals surface area (Å²) in [6.07, 6.45) is 14.1. The van der Waals surface area contributed by atoms with Crippen LogP contribution in [0.4, 0.5) is 5.69 Å². The zero-order valence-electron chi connectivity index (χ0n) is 20.4. The first-order chi connectivity index (χ1) is 15.4. The smallest absolute Gasteiger partial charge is 0.238 e. The minimum absolute atomic E-state index is 0.0233. The molecule has 1 rings (SSSR count). The number of hydrazine groups is 1. The molecule has 0 bridgehead atoms. The highest BCUT2D eigenvalue weighted by atomic mass is 16.2. The average molecular weight is 446 g/mol. The first-order valence-corrected chi connectivity index (χ1v) is 12.4. The first-order valence-electron chi connectivity index (χ1n) is 12.4. The van der Waals surface area contributed by atoms with Crippen LogP contribution in [0.25, 0.3) is 0 Å². The number of aryl methyl sites for hydroxylation is 2. The maximum absolute atomic E-state index is 12.0. The SMILES string of the molecule is CCCCCCCCCCCCCC(=O)NNC(=O)CCC(=O)Nc1ccc(C)cc1C. The number of anilines is 1. The third-order valence-corrected chi connectivity index (χ3v) is 5.58. The number of hydrogen-bond acceptors (Lipinski definition) is 3. The topological polar surface area (TPSA) is 87.3 Å². The Morgan fingerprint density at radius 1 is 0.656 bits per heavy atom. The Kier molecular flexibility index (Phi) is 14.9. The van der Waals surface area contributed by atoms with E-state index < -0.39 is 0 Å². The standard InChI is InChI=1S/C26H43N3O3/c1-4-5-6-7-8-9-10-11-12-13-14-15-25(31)28-29-26(32)19-18-24(30)27-23-17-16-21(2)20-22(23)3/h16-17,20H,4-15,18-19H2,1-3H3,(H,27,30)(H,28,31)(H,29,32). The van der Waals surface area contributed by atoms with Crippen molar-refractivity contribution >= 4 is 23.4 Å². The van der Waals surface area contributed by atoms with Crippen molar-refractivity contribution in [2.24, 2.45) is 0 Å². The fourth-order valence-electron chi connectivity index (χ4n) is 3.61. The number of hydrogen-bond donors (Lipinski definition) is 3. The Morgan fingerprint density at radius 2 is 1.16 bits per heavy atom. The van der Waals surface area contributed by atoms with Gasteiger partial charge in [-0.25, -0.2) is 0 Å². The average Bonchev–Trinajstić information content (AvgIpc) is 2.76. The summed E-state index contributed by atoms with van der Waals surface area (Å²) in [6, 6.07) is 5.78. The van der Waals surface area contributed by atoms with Crippen LogP contribution in [-0.2, 0) is 14.4 Å². The van der Waals surface area contributed by atoms with E-state index in [1.807, 2.05) is 32.0 Å². The minimum Gasteiger partial charge on any atom is -0.326 e. The summed E-state index contributed by atoms with van der Waals surface area (Å²) in [5, 5.41) is 2.82. The lowest BCUT2D eigenvalue weighted by Gasteiger charge is -2.10. The number of rotatable bonds is 16. The summed E-state index contributed by atoms with van der Waals surface area (Å²) in [5.74, 6) is -0.776. The molecule has 32 heavy (non-hydrogen) atoms. The predicted octanol–water partition coefficient (Wildman–Crippen LogP) is 5.87. The van der Waals surface area contributed by atoms with Gasteiger partial charge in [0, 0.05) is 24.9 Å². The van der Waals surface area contributed by atoms with E-state index in [2.05, 4.69) is 23.1 Å². The largest absolute Gasteiger partial charge is 0.326 e. The van der Waals surface area contributed by atoms with Gasteiger partial charge in [-0.2, -0.15) is 0 Å². The summed E-state index contributed by atoms with van der Waals surface area (Å²) < 4.78 is 0. The molecule has 6 nitrogen and oxygen atoms in total. The molecule has 0 aliphatic heterocycles. The summed E-state index contributed by atoms with van der Waals surface area (Å²) >= 11 is 0. The fourth-order valence-corrected chi connectivity index (χ4v) is 3.61. The Balaban J connectivity index is 2.01. The Bertz CT molecular complexity index is 704. The van der Waals surface area contributed by atoms with Gasteiger partial charge < -0.3 is 5.32 Å². The van der Waals surface area contributed by atoms with Gasteiger partial charge in [-0.1, -0.05) is 88.8 Å². The molecule has 1 aromatic carbocycles. The highest BCUT2D eigenvalue weighted by Gasteiger charge is 2.09. The zero-order valence-corrected chi connectivity index (χ0v) is 20.4. The highest BCUT2D eigenvalue weighted by Crippen LogP contribution is 2.16. The van der Waals surface area contributed by atoms with E-state index in [1.54, 1.807) is 0 Å². The van der Waals surface area contributed by atoms with Crippen LogP contribution < -0.4 is 16.2 Å². The number of carbonyl (C=O) groups excluding carboxylic acids is 3. The summed E-state index contributed by atoms with van der Waals surface area (Å²) in [7, 11) is 0. The van der Waals surface area contributed by atoms with Gasteiger partial charge in [0.2, 0.25) is 17.7 Å². The molecule has 180 valence electrons. The van der Waals surface area contributed by atoms with E-state index >= 15 is 0 Å². The van der Waals surface area contributed by atoms with E-state index in [4.69, 9.17) is 0 Å². The highest BCUT2D eigenvalue weighted by molar-refractivity contribution is 5.94. The van der Waals surface area contributed by atoms with Crippen LogP contribution >= 0.6 is 0 Å². The molecule has 0 aliphatic carbocycles. The number of unbranched alkanes of at least 4 members (excludes halogenated alkanes) is 10. The van der Waals surface area contributed by atoms with Crippen LogP contribution in [-0.4, -0.2) is 17.7 Å². The number of benzene rings is 1. The molecule has 0 fully saturated rings. The summed E-state index contributed by atoms with van der Waals surface area (Å²) in [6.45, 7) is 6.17. The van der Waals surface area contributed by atoms with Gasteiger partial charge in [-0.3, -0.25) is 25.2 Å². The van der Waals surface area contributed by atoms with E-state index in [9.17, 15) is 14.4 Å². The zero-order chi connectivity index (χ0) is 23.6. The molecule has 1 aromatic rings. The maximum Gasteiger partial charge on any atom is 0.238 e. The van der Waals surface area contributed by atoms with Crippen LogP contribution in [0.3, 0.4) is 0 Å². The molecule has 3 N–H and O–H groups in total. The first kappa shape index (κ1) is 27.7. The van der Waals surface area contributed by atoms with Crippen LogP contribution in [0.5, 0.6) is 0 Å². The second kappa shape index (κ2) is 17.2. The molecule has 0 radical (unpaired) electrons. The summed E-state index contributed by atoms with van der Waals surface area (Å²) in [4.78, 5) is 35.8. The van der Waals surface area contributed by atoms with Crippen molar-refractivity contribution in [1.29, 1.82) is 0 Å². The van der Waals surface area contributed by atoms with Crippen molar-refractivity contribution < 1.29 is 14.4 Å². The van der Waals surface area contributed by atoms with Gasteiger partial charge in [0.05, 0.1) is 0 Å². The molecule has 3 amide bonds. The second-order valence-electron chi connectivity index (χ2n) is 8.75. The number of amides is 3. The van der Waals surface area contributed by atoms with Crippen molar-refractivity contribution in [2.45, 2.75) is 111 Å². The number of nitrogens with one attached hydrogen (secondary N) is 3. The van der Waals surface area contributed by atoms with Crippen molar-refractivity contribution in [1.82, 2.24) is 10.9 Å². The fraction of sp³-hybridized carbons (Fsp3) is 0.654. The van der Waals surface area contributed by atoms with Crippen LogP contribution in [0.1, 0.15) is 108 Å². The van der Waals surface area contributed by atoms with Crippen LogP contribution in [0, 0.1) is 13.8 Å². The van der Waals surface area contributed by atoms with Gasteiger partial charge in [-0.15, -0.1) is 0 Å². The lowest BCUT2D eigenvalue weighted by atomic mass is 10.1. The van der Waals surface area contributed by atoms with Crippen molar-refractivity contribution in [3.63, 3.8) is 0 Å². The van der Waals surface area contributed by atoms with Gasteiger partial charge in [0.25, 0.3) is 0 Å². The van der Waals surface area contributed by atoms with Crippen LogP contribution in [0.2, 0.25) is 0 Å². The number of carbonyl (C=O) groups is 3. The monoisotopic (exact) mass is 445 g/mol. The quantitative estimate of drug-likeness (QED) is 0.220. The Labute approximate surface area is 194 Å². The van der Waals surface area contributed by atoms with E-state index in [0.29, 0.717) is 6.42 Å². The molecule has 0 atom stereocenters. The molecule has 0 aliphatic rings. The van der Waals surface area contributed by atoms with Crippen molar-refractivity contribution in [3.8, 4) is 0 Å². The van der Waals surface area contributed by atoms with Gasteiger partial charge in [0.15, 0.2) is 0 Å². The molecular weight excluding hydrogens is 402 g/mol. The van der Waals surface area contributed by atoms with Gasteiger partial charge >= 0.3 is 0 Å². The third kappa shape index (κ3) is 13.8. The Hall–Kier alpha value is -2.37. The maximum atomic E-state index is 12.0. The van der Waals surface area contributed by atoms with E-state index in [-0.39, 0.29) is 30.6 Å². The molecule has 0 saturated heterocycles. The minimum atomic E-state index is -0.368. The molecule has 0 saturated carbocycles. The van der Waals surface area contributed by atoms with Crippen molar-refractivity contribution in [3.05, 3.63) is 29.3 Å². The van der Waals surface area contributed by atoms with Crippen LogP contribution in [0.15, 0.2) is 18.2 Å².